The Morgan fingerprint density at radius 2 is 1.56 bits per heavy atom. The first-order chi connectivity index (χ1) is 16.5. The lowest BCUT2D eigenvalue weighted by Gasteiger charge is -2.22. The second-order valence-corrected chi connectivity index (χ2v) is 8.20. The first kappa shape index (κ1) is 23.3. The molecule has 3 aromatic carbocycles. The van der Waals surface area contributed by atoms with Crippen LogP contribution in [0.4, 0.5) is 4.79 Å². The van der Waals surface area contributed by atoms with Gasteiger partial charge in [-0.05, 0) is 47.7 Å². The van der Waals surface area contributed by atoms with Crippen LogP contribution >= 0.6 is 0 Å². The predicted octanol–water partition coefficient (Wildman–Crippen LogP) is 4.20. The number of nitrogens with one attached hydrogen (secondary N) is 1. The molecule has 0 radical (unpaired) electrons. The summed E-state index contributed by atoms with van der Waals surface area (Å²) in [6.07, 6.45) is 0.616. The highest BCUT2D eigenvalue weighted by Gasteiger charge is 2.28. The SMILES string of the molecule is CNC(=O)N1N=C(c2ccc(-c3ccc(CO)cc3)cc2)c2cc(OC)c(OC)cc2CC1C. The van der Waals surface area contributed by atoms with Crippen molar-refractivity contribution in [2.75, 3.05) is 21.3 Å². The number of amides is 2. The summed E-state index contributed by atoms with van der Waals surface area (Å²) in [7, 11) is 4.82. The Morgan fingerprint density at radius 1 is 1.00 bits per heavy atom. The van der Waals surface area contributed by atoms with E-state index < -0.39 is 0 Å². The number of hydrogen-bond acceptors (Lipinski definition) is 5. The minimum atomic E-state index is -0.266. The molecule has 0 bridgehead atoms. The van der Waals surface area contributed by atoms with Crippen LogP contribution in [0.2, 0.25) is 0 Å². The Labute approximate surface area is 199 Å². The van der Waals surface area contributed by atoms with Crippen LogP contribution < -0.4 is 14.8 Å². The fourth-order valence-electron chi connectivity index (χ4n) is 4.17. The first-order valence-corrected chi connectivity index (χ1v) is 11.1. The minimum absolute atomic E-state index is 0.0208. The second-order valence-electron chi connectivity index (χ2n) is 8.20. The standard InChI is InChI=1S/C27H29N3O4/c1-17-13-22-14-24(33-3)25(34-4)15-23(22)26(29-30(17)27(32)28-2)21-11-9-20(10-12-21)19-7-5-18(16-31)6-8-19/h5-12,14-15,17,31H,13,16H2,1-4H3,(H,28,32). The molecule has 34 heavy (non-hydrogen) atoms. The average molecular weight is 460 g/mol. The van der Waals surface area contributed by atoms with Crippen molar-refractivity contribution in [3.63, 3.8) is 0 Å². The van der Waals surface area contributed by atoms with Crippen molar-refractivity contribution < 1.29 is 19.4 Å². The summed E-state index contributed by atoms with van der Waals surface area (Å²) in [5, 5.41) is 18.3. The number of nitrogens with zero attached hydrogens (tertiary/aromatic N) is 2. The van der Waals surface area contributed by atoms with Crippen LogP contribution in [0.5, 0.6) is 11.5 Å². The molecule has 1 aliphatic rings. The molecular weight excluding hydrogens is 430 g/mol. The Morgan fingerprint density at radius 3 is 2.12 bits per heavy atom. The van der Waals surface area contributed by atoms with Gasteiger partial charge < -0.3 is 19.9 Å². The molecule has 0 spiro atoms. The maximum Gasteiger partial charge on any atom is 0.337 e. The van der Waals surface area contributed by atoms with E-state index in [1.807, 2.05) is 67.6 Å². The Bertz CT molecular complexity index is 1200. The molecule has 0 fully saturated rings. The highest BCUT2D eigenvalue weighted by molar-refractivity contribution is 6.14. The van der Waals surface area contributed by atoms with Crippen molar-refractivity contribution in [1.82, 2.24) is 10.3 Å². The van der Waals surface area contributed by atoms with E-state index in [1.165, 1.54) is 5.01 Å². The van der Waals surface area contributed by atoms with Crippen LogP contribution in [0.15, 0.2) is 65.8 Å². The van der Waals surface area contributed by atoms with Gasteiger partial charge in [0.05, 0.1) is 32.6 Å². The number of carbonyl (C=O) groups is 1. The maximum absolute atomic E-state index is 12.6. The van der Waals surface area contributed by atoms with Crippen molar-refractivity contribution in [2.45, 2.75) is 26.0 Å². The summed E-state index contributed by atoms with van der Waals surface area (Å²) in [5.74, 6) is 1.25. The number of benzene rings is 3. The molecule has 2 N–H and O–H groups in total. The highest BCUT2D eigenvalue weighted by Crippen LogP contribution is 2.35. The zero-order valence-corrected chi connectivity index (χ0v) is 19.8. The van der Waals surface area contributed by atoms with E-state index in [0.29, 0.717) is 23.6 Å². The third kappa shape index (κ3) is 4.47. The number of hydrogen-bond donors (Lipinski definition) is 2. The van der Waals surface area contributed by atoms with Crippen molar-refractivity contribution in [3.05, 3.63) is 82.9 Å². The van der Waals surface area contributed by atoms with Gasteiger partial charge in [-0.15, -0.1) is 0 Å². The third-order valence-corrected chi connectivity index (χ3v) is 6.06. The lowest BCUT2D eigenvalue weighted by Crippen LogP contribution is -2.41. The lowest BCUT2D eigenvalue weighted by atomic mass is 9.93. The van der Waals surface area contributed by atoms with Crippen LogP contribution in [0.25, 0.3) is 11.1 Å². The normalized spacial score (nSPS) is 15.1. The number of hydrazone groups is 1. The van der Waals surface area contributed by atoms with Gasteiger partial charge in [0, 0.05) is 18.2 Å². The Hall–Kier alpha value is -3.84. The van der Waals surface area contributed by atoms with Crippen LogP contribution in [-0.2, 0) is 13.0 Å². The fraction of sp³-hybridized carbons (Fsp3) is 0.259. The van der Waals surface area contributed by atoms with E-state index in [4.69, 9.17) is 14.6 Å². The Balaban J connectivity index is 1.82. The number of ether oxygens (including phenoxy) is 2. The number of aliphatic hydroxyl groups is 1. The zero-order valence-electron chi connectivity index (χ0n) is 19.8. The van der Waals surface area contributed by atoms with Crippen LogP contribution in [0.3, 0.4) is 0 Å². The molecule has 0 aliphatic carbocycles. The molecule has 7 nitrogen and oxygen atoms in total. The third-order valence-electron chi connectivity index (χ3n) is 6.06. The first-order valence-electron chi connectivity index (χ1n) is 11.1. The molecule has 1 unspecified atom stereocenters. The van der Waals surface area contributed by atoms with Gasteiger partial charge in [-0.1, -0.05) is 48.5 Å². The van der Waals surface area contributed by atoms with Gasteiger partial charge in [-0.2, -0.15) is 5.10 Å². The molecule has 176 valence electrons. The van der Waals surface area contributed by atoms with Gasteiger partial charge in [0.25, 0.3) is 0 Å². The topological polar surface area (TPSA) is 83.4 Å². The van der Waals surface area contributed by atoms with Crippen molar-refractivity contribution >= 4 is 11.7 Å². The van der Waals surface area contributed by atoms with Gasteiger partial charge in [0.2, 0.25) is 0 Å². The molecule has 2 amide bonds. The molecule has 0 aromatic heterocycles. The summed E-state index contributed by atoms with van der Waals surface area (Å²) in [5.41, 5.74) is 6.47. The van der Waals surface area contributed by atoms with E-state index in [9.17, 15) is 9.90 Å². The van der Waals surface area contributed by atoms with E-state index in [-0.39, 0.29) is 18.7 Å². The van der Waals surface area contributed by atoms with Gasteiger partial charge in [-0.3, -0.25) is 0 Å². The van der Waals surface area contributed by atoms with Crippen LogP contribution in [0.1, 0.15) is 29.2 Å². The van der Waals surface area contributed by atoms with E-state index in [2.05, 4.69) is 5.32 Å². The van der Waals surface area contributed by atoms with Crippen LogP contribution in [0, 0.1) is 0 Å². The predicted molar refractivity (Wildman–Crippen MR) is 132 cm³/mol. The second kappa shape index (κ2) is 9.97. The molecule has 1 heterocycles. The monoisotopic (exact) mass is 459 g/mol. The quantitative estimate of drug-likeness (QED) is 0.599. The smallest absolute Gasteiger partial charge is 0.337 e. The molecule has 1 atom stereocenters. The molecule has 3 aromatic rings. The molecule has 0 saturated carbocycles. The Kier molecular flexibility index (Phi) is 6.84. The number of methoxy groups -OCH3 is 2. The molecule has 7 heteroatoms. The van der Waals surface area contributed by atoms with Gasteiger partial charge in [-0.25, -0.2) is 9.80 Å². The number of aliphatic hydroxyl groups excluding tert-OH is 1. The summed E-state index contributed by atoms with van der Waals surface area (Å²) < 4.78 is 11.1. The number of fused-ring (bicyclic) bond motifs is 1. The zero-order chi connectivity index (χ0) is 24.2. The fourth-order valence-corrected chi connectivity index (χ4v) is 4.17. The molecule has 0 saturated heterocycles. The molecule has 4 rings (SSSR count). The van der Waals surface area contributed by atoms with E-state index in [0.717, 1.165) is 33.4 Å². The summed E-state index contributed by atoms with van der Waals surface area (Å²) in [4.78, 5) is 12.6. The summed E-state index contributed by atoms with van der Waals surface area (Å²) in [6.45, 7) is 1.99. The molecular formula is C27H29N3O4. The highest BCUT2D eigenvalue weighted by atomic mass is 16.5. The van der Waals surface area contributed by atoms with Gasteiger partial charge >= 0.3 is 6.03 Å². The minimum Gasteiger partial charge on any atom is -0.493 e. The van der Waals surface area contributed by atoms with Crippen molar-refractivity contribution in [3.8, 4) is 22.6 Å². The van der Waals surface area contributed by atoms with E-state index >= 15 is 0 Å². The lowest BCUT2D eigenvalue weighted by molar-refractivity contribution is 0.184. The van der Waals surface area contributed by atoms with Gasteiger partial charge in [0.15, 0.2) is 11.5 Å². The molecule has 1 aliphatic heterocycles. The van der Waals surface area contributed by atoms with Crippen LogP contribution in [-0.4, -0.2) is 49.2 Å². The largest absolute Gasteiger partial charge is 0.493 e. The average Bonchev–Trinajstić information content (AvgIpc) is 3.03. The van der Waals surface area contributed by atoms with Gasteiger partial charge in [0.1, 0.15) is 0 Å². The van der Waals surface area contributed by atoms with Crippen molar-refractivity contribution in [2.24, 2.45) is 5.10 Å². The summed E-state index contributed by atoms with van der Waals surface area (Å²) >= 11 is 0. The van der Waals surface area contributed by atoms with Crippen molar-refractivity contribution in [1.29, 1.82) is 0 Å². The number of rotatable bonds is 5. The number of carbonyl (C=O) groups excluding carboxylic acids is 1. The summed E-state index contributed by atoms with van der Waals surface area (Å²) in [6, 6.07) is 19.4. The maximum atomic E-state index is 12.6. The van der Waals surface area contributed by atoms with E-state index in [1.54, 1.807) is 21.3 Å². The number of urea groups is 1.